The van der Waals surface area contributed by atoms with Gasteiger partial charge in [-0.15, -0.1) is 0 Å². The largest absolute Gasteiger partial charge is 0.473 e. The van der Waals surface area contributed by atoms with Gasteiger partial charge in [0.15, 0.2) is 6.10 Å². The molecule has 0 aliphatic rings. The van der Waals surface area contributed by atoms with Crippen molar-refractivity contribution >= 4 is 11.7 Å². The molecule has 7 heteroatoms. The molecular weight excluding hydrogens is 168 g/mol. The SMILES string of the molecule is [N-]=[N+]=C(C(=O)O)C(O)C(O)CO. The van der Waals surface area contributed by atoms with Gasteiger partial charge in [0.05, 0.1) is 6.61 Å². The number of aliphatic hydroxyl groups excluding tert-OH is 3. The predicted molar refractivity (Wildman–Crippen MR) is 35.4 cm³/mol. The number of carboxylic acids is 1. The van der Waals surface area contributed by atoms with Crippen LogP contribution in [0.15, 0.2) is 0 Å². The van der Waals surface area contributed by atoms with Gasteiger partial charge in [-0.3, -0.25) is 0 Å². The van der Waals surface area contributed by atoms with Crippen molar-refractivity contribution in [3.8, 4) is 0 Å². The van der Waals surface area contributed by atoms with Crippen LogP contribution in [0, 0.1) is 0 Å². The summed E-state index contributed by atoms with van der Waals surface area (Å²) in [6, 6.07) is 0. The van der Waals surface area contributed by atoms with Gasteiger partial charge < -0.3 is 26.0 Å². The Hall–Kier alpha value is -1.27. The Kier molecular flexibility index (Phi) is 4.09. The maximum absolute atomic E-state index is 10.1. The Balaban J connectivity index is 4.55. The molecule has 0 aliphatic heterocycles. The van der Waals surface area contributed by atoms with Crippen LogP contribution in [0.3, 0.4) is 0 Å². The lowest BCUT2D eigenvalue weighted by molar-refractivity contribution is -0.137. The van der Waals surface area contributed by atoms with E-state index in [1.54, 1.807) is 0 Å². The van der Waals surface area contributed by atoms with Crippen LogP contribution in [0.4, 0.5) is 0 Å². The highest BCUT2D eigenvalue weighted by atomic mass is 16.4. The van der Waals surface area contributed by atoms with Crippen LogP contribution in [0.5, 0.6) is 0 Å². The number of nitrogens with zero attached hydrogens (tertiary/aromatic N) is 2. The second-order valence-electron chi connectivity index (χ2n) is 1.99. The Morgan fingerprint density at radius 2 is 2.00 bits per heavy atom. The van der Waals surface area contributed by atoms with E-state index < -0.39 is 30.5 Å². The molecule has 68 valence electrons. The summed E-state index contributed by atoms with van der Waals surface area (Å²) < 4.78 is 0. The van der Waals surface area contributed by atoms with E-state index in [-0.39, 0.29) is 0 Å². The fraction of sp³-hybridized carbons (Fsp3) is 0.600. The van der Waals surface area contributed by atoms with Gasteiger partial charge in [0.2, 0.25) is 0 Å². The Labute approximate surface area is 67.1 Å². The average Bonchev–Trinajstić information content (AvgIpc) is 2.03. The van der Waals surface area contributed by atoms with E-state index in [0.29, 0.717) is 0 Å². The topological polar surface area (TPSA) is 134 Å². The first-order chi connectivity index (χ1) is 5.54. The molecule has 0 amide bonds. The number of carboxylic acid groups (broad SMARTS) is 1. The molecule has 0 aliphatic carbocycles. The lowest BCUT2D eigenvalue weighted by Gasteiger charge is -2.08. The van der Waals surface area contributed by atoms with E-state index in [1.807, 2.05) is 0 Å². The van der Waals surface area contributed by atoms with E-state index in [2.05, 4.69) is 4.79 Å². The summed E-state index contributed by atoms with van der Waals surface area (Å²) >= 11 is 0. The van der Waals surface area contributed by atoms with Gasteiger partial charge >= 0.3 is 11.7 Å². The standard InChI is InChI=1S/C5H8N2O5/c6-7-3(5(11)12)4(10)2(9)1-8/h2,4,8-10H,1H2,(H,11,12). The Bertz CT molecular complexity index is 222. The molecule has 0 bridgehead atoms. The number of hydrogen-bond acceptors (Lipinski definition) is 4. The van der Waals surface area contributed by atoms with Crippen molar-refractivity contribution in [3.63, 3.8) is 0 Å². The molecule has 2 atom stereocenters. The number of aliphatic hydroxyl groups is 3. The van der Waals surface area contributed by atoms with E-state index in [9.17, 15) is 4.79 Å². The molecule has 4 N–H and O–H groups in total. The van der Waals surface area contributed by atoms with Crippen LogP contribution in [-0.2, 0) is 4.79 Å². The lowest BCUT2D eigenvalue weighted by atomic mass is 10.1. The normalized spacial score (nSPS) is 14.6. The van der Waals surface area contributed by atoms with Gasteiger partial charge in [-0.2, -0.15) is 4.79 Å². The summed E-state index contributed by atoms with van der Waals surface area (Å²) in [4.78, 5) is 12.4. The quantitative estimate of drug-likeness (QED) is 0.212. The number of hydrogen-bond donors (Lipinski definition) is 4. The maximum Gasteiger partial charge on any atom is 0.417 e. The zero-order chi connectivity index (χ0) is 9.72. The van der Waals surface area contributed by atoms with E-state index in [1.165, 1.54) is 0 Å². The van der Waals surface area contributed by atoms with Crippen molar-refractivity contribution in [2.24, 2.45) is 0 Å². The summed E-state index contributed by atoms with van der Waals surface area (Å²) in [6.07, 6.45) is -3.58. The molecule has 0 aromatic rings. The van der Waals surface area contributed by atoms with Crippen molar-refractivity contribution in [1.29, 1.82) is 0 Å². The zero-order valence-electron chi connectivity index (χ0n) is 5.95. The van der Waals surface area contributed by atoms with E-state index in [4.69, 9.17) is 26.0 Å². The van der Waals surface area contributed by atoms with Crippen LogP contribution in [0.2, 0.25) is 0 Å². The molecular formula is C5H8N2O5. The molecule has 0 aromatic carbocycles. The number of carbonyl (C=O) groups is 1. The second kappa shape index (κ2) is 4.58. The molecule has 0 radical (unpaired) electrons. The third-order valence-electron chi connectivity index (χ3n) is 1.16. The zero-order valence-corrected chi connectivity index (χ0v) is 5.95. The monoisotopic (exact) mass is 176 g/mol. The lowest BCUT2D eigenvalue weighted by Crippen LogP contribution is -2.40. The molecule has 0 heterocycles. The van der Waals surface area contributed by atoms with Gasteiger partial charge in [0.1, 0.15) is 6.10 Å². The van der Waals surface area contributed by atoms with Gasteiger partial charge in [-0.05, 0) is 0 Å². The minimum Gasteiger partial charge on any atom is -0.473 e. The maximum atomic E-state index is 10.1. The molecule has 0 saturated heterocycles. The third-order valence-corrected chi connectivity index (χ3v) is 1.16. The van der Waals surface area contributed by atoms with Crippen LogP contribution in [0.1, 0.15) is 0 Å². The molecule has 0 spiro atoms. The molecule has 0 aromatic heterocycles. The first-order valence-corrected chi connectivity index (χ1v) is 2.96. The minimum atomic E-state index is -1.91. The van der Waals surface area contributed by atoms with E-state index in [0.717, 1.165) is 0 Å². The van der Waals surface area contributed by atoms with Gasteiger partial charge in [0, 0.05) is 0 Å². The summed E-state index contributed by atoms with van der Waals surface area (Å²) in [7, 11) is 0. The van der Waals surface area contributed by atoms with Gasteiger partial charge in [-0.25, -0.2) is 4.79 Å². The molecule has 2 unspecified atom stereocenters. The Morgan fingerprint density at radius 3 is 2.25 bits per heavy atom. The fourth-order valence-electron chi connectivity index (χ4n) is 0.511. The second-order valence-corrected chi connectivity index (χ2v) is 1.99. The van der Waals surface area contributed by atoms with Gasteiger partial charge in [0.25, 0.3) is 0 Å². The minimum absolute atomic E-state index is 0.826. The smallest absolute Gasteiger partial charge is 0.417 e. The van der Waals surface area contributed by atoms with E-state index >= 15 is 0 Å². The average molecular weight is 176 g/mol. The Morgan fingerprint density at radius 1 is 1.50 bits per heavy atom. The van der Waals surface area contributed by atoms with Crippen LogP contribution < -0.4 is 0 Å². The van der Waals surface area contributed by atoms with Crippen molar-refractivity contribution in [1.82, 2.24) is 0 Å². The highest BCUT2D eigenvalue weighted by Crippen LogP contribution is 1.94. The van der Waals surface area contributed by atoms with Crippen molar-refractivity contribution in [2.45, 2.75) is 12.2 Å². The van der Waals surface area contributed by atoms with Crippen molar-refractivity contribution in [2.75, 3.05) is 6.61 Å². The molecule has 0 fully saturated rings. The van der Waals surface area contributed by atoms with Crippen LogP contribution >= 0.6 is 0 Å². The van der Waals surface area contributed by atoms with Crippen molar-refractivity contribution in [3.05, 3.63) is 5.53 Å². The first-order valence-electron chi connectivity index (χ1n) is 2.96. The third kappa shape index (κ3) is 2.40. The fourth-order valence-corrected chi connectivity index (χ4v) is 0.511. The first kappa shape index (κ1) is 10.7. The highest BCUT2D eigenvalue weighted by molar-refractivity contribution is 6.34. The molecule has 0 rings (SSSR count). The predicted octanol–water partition coefficient (Wildman–Crippen LogP) is -2.54. The van der Waals surface area contributed by atoms with Crippen LogP contribution in [0.25, 0.3) is 5.53 Å². The van der Waals surface area contributed by atoms with Gasteiger partial charge in [-0.1, -0.05) is 0 Å². The molecule has 12 heavy (non-hydrogen) atoms. The summed E-state index contributed by atoms with van der Waals surface area (Å²) in [5.74, 6) is -1.67. The number of aliphatic carboxylic acids is 1. The highest BCUT2D eigenvalue weighted by Gasteiger charge is 2.34. The summed E-state index contributed by atoms with van der Waals surface area (Å²) in [5, 5.41) is 34.1. The molecule has 7 nitrogen and oxygen atoms in total. The number of rotatable bonds is 4. The summed E-state index contributed by atoms with van der Waals surface area (Å²) in [6.45, 7) is -0.826. The van der Waals surface area contributed by atoms with Crippen molar-refractivity contribution < 1.29 is 30.0 Å². The molecule has 0 saturated carbocycles. The van der Waals surface area contributed by atoms with Crippen LogP contribution in [-0.4, -0.2) is 55.7 Å². The summed E-state index contributed by atoms with van der Waals surface area (Å²) in [5.41, 5.74) is 7.05.